The summed E-state index contributed by atoms with van der Waals surface area (Å²) in [5.41, 5.74) is 1.07. The van der Waals surface area contributed by atoms with Crippen molar-refractivity contribution >= 4 is 23.0 Å². The lowest BCUT2D eigenvalue weighted by molar-refractivity contribution is 0.373. The quantitative estimate of drug-likeness (QED) is 0.645. The number of hydrogen-bond donors (Lipinski definition) is 1. The number of aromatic nitrogens is 1. The molecule has 0 atom stereocenters. The predicted molar refractivity (Wildman–Crippen MR) is 107 cm³/mol. The van der Waals surface area contributed by atoms with Crippen molar-refractivity contribution in [2.45, 2.75) is 19.8 Å². The molecule has 1 N–H and O–H groups in total. The second kappa shape index (κ2) is 8.98. The topological polar surface area (TPSA) is 43.8 Å². The van der Waals surface area contributed by atoms with E-state index in [0.717, 1.165) is 57.2 Å². The molecule has 0 amide bonds. The van der Waals surface area contributed by atoms with E-state index in [2.05, 4.69) is 32.0 Å². The van der Waals surface area contributed by atoms with Crippen LogP contribution < -0.4 is 10.2 Å². The zero-order valence-corrected chi connectivity index (χ0v) is 16.2. The minimum atomic E-state index is -0.191. The van der Waals surface area contributed by atoms with Crippen LogP contribution in [0, 0.1) is 5.82 Å². The number of nitrogens with one attached hydrogen (secondary N) is 1. The van der Waals surface area contributed by atoms with Gasteiger partial charge in [0.2, 0.25) is 0 Å². The normalized spacial score (nSPS) is 15.4. The number of piperazine rings is 1. The van der Waals surface area contributed by atoms with E-state index in [4.69, 9.17) is 0 Å². The van der Waals surface area contributed by atoms with Crippen LogP contribution in [0.1, 0.15) is 16.8 Å². The average molecular weight is 376 g/mol. The third kappa shape index (κ3) is 4.72. The first-order chi connectivity index (χ1) is 12.7. The zero-order valence-electron chi connectivity index (χ0n) is 15.4. The molecule has 5 nitrogen and oxygen atoms in total. The Kier molecular flexibility index (Phi) is 6.44. The molecule has 0 spiro atoms. The lowest BCUT2D eigenvalue weighted by atomic mass is 10.2. The van der Waals surface area contributed by atoms with Crippen LogP contribution in [-0.4, -0.2) is 55.6 Å². The monoisotopic (exact) mass is 375 g/mol. The number of halogens is 1. The van der Waals surface area contributed by atoms with Gasteiger partial charge in [-0.25, -0.2) is 9.37 Å². The average Bonchev–Trinajstić information content (AvgIpc) is 3.14. The number of hydrogen-bond acceptors (Lipinski definition) is 4. The van der Waals surface area contributed by atoms with Crippen LogP contribution in [0.3, 0.4) is 0 Å². The van der Waals surface area contributed by atoms with Crippen LogP contribution in [-0.2, 0) is 12.8 Å². The predicted octanol–water partition coefficient (Wildman–Crippen LogP) is 2.78. The van der Waals surface area contributed by atoms with Gasteiger partial charge in [-0.05, 0) is 30.7 Å². The molecule has 2 heterocycles. The number of rotatable bonds is 5. The first-order valence-corrected chi connectivity index (χ1v) is 9.91. The Morgan fingerprint density at radius 1 is 1.23 bits per heavy atom. The fraction of sp³-hybridized carbons (Fsp3) is 0.474. The molecule has 140 valence electrons. The number of aliphatic imine (C=N–C) groups is 1. The van der Waals surface area contributed by atoms with Crippen molar-refractivity contribution in [3.63, 3.8) is 0 Å². The molecule has 3 rings (SSSR count). The largest absolute Gasteiger partial charge is 0.368 e. The van der Waals surface area contributed by atoms with Gasteiger partial charge in [0, 0.05) is 63.0 Å². The second-order valence-corrected chi connectivity index (χ2v) is 7.45. The summed E-state index contributed by atoms with van der Waals surface area (Å²) in [7, 11) is 1.83. The molecule has 0 aliphatic carbocycles. The van der Waals surface area contributed by atoms with Gasteiger partial charge >= 0.3 is 0 Å². The van der Waals surface area contributed by atoms with E-state index in [9.17, 15) is 4.39 Å². The fourth-order valence-corrected chi connectivity index (χ4v) is 3.93. The van der Waals surface area contributed by atoms with E-state index < -0.39 is 0 Å². The molecule has 26 heavy (non-hydrogen) atoms. The number of thiazole rings is 1. The molecule has 1 aromatic carbocycles. The van der Waals surface area contributed by atoms with Gasteiger partial charge in [0.05, 0.1) is 5.01 Å². The Morgan fingerprint density at radius 2 is 1.96 bits per heavy atom. The van der Waals surface area contributed by atoms with E-state index in [-0.39, 0.29) is 5.82 Å². The highest BCUT2D eigenvalue weighted by atomic mass is 32.1. The van der Waals surface area contributed by atoms with Crippen LogP contribution in [0.15, 0.2) is 35.5 Å². The number of nitrogens with zero attached hydrogens (tertiary/aromatic N) is 4. The molecule has 1 aliphatic heterocycles. The summed E-state index contributed by atoms with van der Waals surface area (Å²) in [6, 6.07) is 6.73. The van der Waals surface area contributed by atoms with Crippen LogP contribution in [0.25, 0.3) is 0 Å². The first-order valence-electron chi connectivity index (χ1n) is 9.09. The summed E-state index contributed by atoms with van der Waals surface area (Å²) >= 11 is 1.79. The van der Waals surface area contributed by atoms with Crippen molar-refractivity contribution in [3.05, 3.63) is 46.2 Å². The van der Waals surface area contributed by atoms with Crippen molar-refractivity contribution in [2.24, 2.45) is 4.99 Å². The maximum atomic E-state index is 13.1. The Balaban J connectivity index is 1.46. The van der Waals surface area contributed by atoms with Crippen molar-refractivity contribution in [1.82, 2.24) is 15.2 Å². The zero-order chi connectivity index (χ0) is 18.4. The van der Waals surface area contributed by atoms with Gasteiger partial charge in [-0.1, -0.05) is 6.92 Å². The van der Waals surface area contributed by atoms with Crippen LogP contribution >= 0.6 is 11.3 Å². The molecule has 7 heteroatoms. The SMILES string of the molecule is CCc1cnc(CCNC(=NC)N2CCN(c3ccc(F)cc3)CC2)s1. The Morgan fingerprint density at radius 3 is 2.58 bits per heavy atom. The first kappa shape index (κ1) is 18.6. The van der Waals surface area contributed by atoms with E-state index in [1.165, 1.54) is 22.0 Å². The highest BCUT2D eigenvalue weighted by Gasteiger charge is 2.19. The molecule has 0 radical (unpaired) electrons. The van der Waals surface area contributed by atoms with Crippen molar-refractivity contribution in [3.8, 4) is 0 Å². The molecule has 0 unspecified atom stereocenters. The minimum Gasteiger partial charge on any atom is -0.368 e. The van der Waals surface area contributed by atoms with Gasteiger partial charge in [-0.3, -0.25) is 4.99 Å². The highest BCUT2D eigenvalue weighted by Crippen LogP contribution is 2.17. The Labute approximate surface area is 158 Å². The number of guanidine groups is 1. The molecule has 1 saturated heterocycles. The molecule has 0 saturated carbocycles. The highest BCUT2D eigenvalue weighted by molar-refractivity contribution is 7.11. The summed E-state index contributed by atoms with van der Waals surface area (Å²) in [5, 5.41) is 4.62. The van der Waals surface area contributed by atoms with Crippen LogP contribution in [0.4, 0.5) is 10.1 Å². The third-order valence-electron chi connectivity index (χ3n) is 4.55. The lowest BCUT2D eigenvalue weighted by Gasteiger charge is -2.37. The second-order valence-electron chi connectivity index (χ2n) is 6.25. The number of benzene rings is 1. The van der Waals surface area contributed by atoms with E-state index in [1.807, 2.05) is 25.4 Å². The van der Waals surface area contributed by atoms with Gasteiger partial charge in [-0.2, -0.15) is 0 Å². The van der Waals surface area contributed by atoms with Crippen molar-refractivity contribution < 1.29 is 4.39 Å². The minimum absolute atomic E-state index is 0.191. The standard InChI is InChI=1S/C19H26FN5S/c1-3-17-14-23-18(26-17)8-9-22-19(21-2)25-12-10-24(11-13-25)16-6-4-15(20)5-7-16/h4-7,14H,3,8-13H2,1-2H3,(H,21,22). The molecule has 2 aromatic rings. The maximum absolute atomic E-state index is 13.1. The lowest BCUT2D eigenvalue weighted by Crippen LogP contribution is -2.52. The molecule has 1 aliphatic rings. The van der Waals surface area contributed by atoms with Gasteiger partial charge in [0.1, 0.15) is 5.82 Å². The fourth-order valence-electron chi connectivity index (χ4n) is 3.07. The van der Waals surface area contributed by atoms with Crippen molar-refractivity contribution in [1.29, 1.82) is 0 Å². The molecular weight excluding hydrogens is 349 g/mol. The van der Waals surface area contributed by atoms with E-state index in [1.54, 1.807) is 11.3 Å². The molecular formula is C19H26FN5S. The van der Waals surface area contributed by atoms with E-state index in [0.29, 0.717) is 0 Å². The summed E-state index contributed by atoms with van der Waals surface area (Å²) < 4.78 is 13.1. The summed E-state index contributed by atoms with van der Waals surface area (Å²) in [4.78, 5) is 14.8. The smallest absolute Gasteiger partial charge is 0.193 e. The Bertz CT molecular complexity index is 720. The van der Waals surface area contributed by atoms with Crippen molar-refractivity contribution in [2.75, 3.05) is 44.7 Å². The Hall–Kier alpha value is -2.15. The summed E-state index contributed by atoms with van der Waals surface area (Å²) in [6.45, 7) is 6.59. The van der Waals surface area contributed by atoms with Crippen LogP contribution in [0.2, 0.25) is 0 Å². The third-order valence-corrected chi connectivity index (χ3v) is 5.76. The van der Waals surface area contributed by atoms with Gasteiger partial charge < -0.3 is 15.1 Å². The number of aryl methyl sites for hydroxylation is 1. The molecule has 0 bridgehead atoms. The van der Waals surface area contributed by atoms with Gasteiger partial charge in [0.25, 0.3) is 0 Å². The summed E-state index contributed by atoms with van der Waals surface area (Å²) in [5.74, 6) is 0.749. The van der Waals surface area contributed by atoms with Gasteiger partial charge in [0.15, 0.2) is 5.96 Å². The molecule has 1 aromatic heterocycles. The van der Waals surface area contributed by atoms with E-state index >= 15 is 0 Å². The van der Waals surface area contributed by atoms with Crippen LogP contribution in [0.5, 0.6) is 0 Å². The maximum Gasteiger partial charge on any atom is 0.193 e. The molecule has 1 fully saturated rings. The summed E-state index contributed by atoms with van der Waals surface area (Å²) in [6.07, 6.45) is 3.94. The van der Waals surface area contributed by atoms with Gasteiger partial charge in [-0.15, -0.1) is 11.3 Å². The number of anilines is 1.